The van der Waals surface area contributed by atoms with Gasteiger partial charge in [0.1, 0.15) is 5.82 Å². The van der Waals surface area contributed by atoms with E-state index >= 15 is 0 Å². The lowest BCUT2D eigenvalue weighted by atomic mass is 10.0. The molecule has 0 spiro atoms. The van der Waals surface area contributed by atoms with Crippen LogP contribution in [0.25, 0.3) is 33.4 Å². The van der Waals surface area contributed by atoms with Crippen LogP contribution in [0.15, 0.2) is 85.5 Å². The third-order valence-electron chi connectivity index (χ3n) is 4.79. The number of aromatic nitrogens is 4. The highest BCUT2D eigenvalue weighted by atomic mass is 19.2. The molecule has 5 rings (SSSR count). The van der Waals surface area contributed by atoms with Crippen molar-refractivity contribution in [2.75, 3.05) is 5.32 Å². The average molecular weight is 411 g/mol. The number of anilines is 2. The number of nitrogens with zero attached hydrogens (tertiary/aromatic N) is 4. The summed E-state index contributed by atoms with van der Waals surface area (Å²) in [6.07, 6.45) is 6.83. The van der Waals surface area contributed by atoms with Gasteiger partial charge in [-0.25, -0.2) is 18.7 Å². The van der Waals surface area contributed by atoms with E-state index in [1.54, 1.807) is 30.9 Å². The summed E-state index contributed by atoms with van der Waals surface area (Å²) in [5.74, 6) is -0.902. The van der Waals surface area contributed by atoms with Gasteiger partial charge < -0.3 is 5.32 Å². The molecule has 0 bridgehead atoms. The molecule has 5 nitrogen and oxygen atoms in total. The number of hydrogen-bond acceptors (Lipinski definition) is 5. The van der Waals surface area contributed by atoms with Gasteiger partial charge >= 0.3 is 0 Å². The van der Waals surface area contributed by atoms with Crippen molar-refractivity contribution in [3.63, 3.8) is 0 Å². The molecular weight excluding hydrogens is 396 g/mol. The molecule has 3 heterocycles. The van der Waals surface area contributed by atoms with Crippen molar-refractivity contribution < 1.29 is 8.78 Å². The fourth-order valence-corrected chi connectivity index (χ4v) is 3.27. The third kappa shape index (κ3) is 3.81. The summed E-state index contributed by atoms with van der Waals surface area (Å²) < 4.78 is 27.1. The minimum absolute atomic E-state index is 0.378. The van der Waals surface area contributed by atoms with Crippen LogP contribution < -0.4 is 5.32 Å². The van der Waals surface area contributed by atoms with Gasteiger partial charge in [-0.15, -0.1) is 0 Å². The van der Waals surface area contributed by atoms with E-state index in [0.717, 1.165) is 34.2 Å². The number of rotatable bonds is 4. The number of benzene rings is 2. The van der Waals surface area contributed by atoms with E-state index in [1.807, 2.05) is 36.4 Å². The first-order chi connectivity index (χ1) is 15.2. The highest BCUT2D eigenvalue weighted by Crippen LogP contribution is 2.31. The molecule has 5 aromatic rings. The first kappa shape index (κ1) is 18.7. The molecule has 2 aromatic carbocycles. The minimum Gasteiger partial charge on any atom is -0.340 e. The Kier molecular flexibility index (Phi) is 4.76. The smallest absolute Gasteiger partial charge is 0.163 e. The zero-order chi connectivity index (χ0) is 21.2. The lowest BCUT2D eigenvalue weighted by Gasteiger charge is -2.12. The van der Waals surface area contributed by atoms with E-state index in [0.29, 0.717) is 22.8 Å². The Balaban J connectivity index is 1.68. The molecule has 3 aromatic heterocycles. The fourth-order valence-electron chi connectivity index (χ4n) is 3.27. The maximum atomic E-state index is 13.8. The summed E-state index contributed by atoms with van der Waals surface area (Å²) in [7, 11) is 0. The summed E-state index contributed by atoms with van der Waals surface area (Å²) in [5, 5.41) is 3.84. The molecule has 7 heteroatoms. The lowest BCUT2D eigenvalue weighted by Crippen LogP contribution is -2.00. The largest absolute Gasteiger partial charge is 0.340 e. The van der Waals surface area contributed by atoms with Crippen molar-refractivity contribution in [1.29, 1.82) is 0 Å². The number of fused-ring (bicyclic) bond motifs is 1. The maximum Gasteiger partial charge on any atom is 0.163 e. The third-order valence-corrected chi connectivity index (χ3v) is 4.79. The molecule has 1 N–H and O–H groups in total. The van der Waals surface area contributed by atoms with Gasteiger partial charge in [0.25, 0.3) is 0 Å². The number of hydrogen-bond donors (Lipinski definition) is 1. The molecule has 0 saturated heterocycles. The topological polar surface area (TPSA) is 63.6 Å². The molecule has 0 aliphatic rings. The summed E-state index contributed by atoms with van der Waals surface area (Å²) >= 11 is 0. The van der Waals surface area contributed by atoms with Crippen LogP contribution >= 0.6 is 0 Å². The van der Waals surface area contributed by atoms with Gasteiger partial charge in [0.15, 0.2) is 17.5 Å². The van der Waals surface area contributed by atoms with Gasteiger partial charge in [0, 0.05) is 53.1 Å². The molecule has 0 saturated carbocycles. The van der Waals surface area contributed by atoms with Crippen molar-refractivity contribution in [3.8, 4) is 22.5 Å². The Bertz CT molecular complexity index is 1380. The molecule has 0 unspecified atom stereocenters. The van der Waals surface area contributed by atoms with Gasteiger partial charge in [-0.3, -0.25) is 9.97 Å². The van der Waals surface area contributed by atoms with E-state index < -0.39 is 11.6 Å². The Morgan fingerprint density at radius 3 is 2.16 bits per heavy atom. The van der Waals surface area contributed by atoms with E-state index in [4.69, 9.17) is 0 Å². The molecule has 31 heavy (non-hydrogen) atoms. The molecule has 0 aliphatic carbocycles. The molecular formula is C24H15F2N5. The van der Waals surface area contributed by atoms with Crippen LogP contribution in [0.4, 0.5) is 20.3 Å². The fraction of sp³-hybridized carbons (Fsp3) is 0. The maximum absolute atomic E-state index is 13.8. The predicted octanol–water partition coefficient (Wildman–Crippen LogP) is 5.78. The first-order valence-corrected chi connectivity index (χ1v) is 9.52. The van der Waals surface area contributed by atoms with Crippen LogP contribution in [0, 0.1) is 11.6 Å². The summed E-state index contributed by atoms with van der Waals surface area (Å²) in [4.78, 5) is 17.6. The number of halogens is 2. The van der Waals surface area contributed by atoms with E-state index in [9.17, 15) is 8.78 Å². The number of pyridine rings is 2. The summed E-state index contributed by atoms with van der Waals surface area (Å²) in [5.41, 5.74) is 3.70. The molecule has 0 aliphatic heterocycles. The van der Waals surface area contributed by atoms with Gasteiger partial charge in [0.2, 0.25) is 0 Å². The van der Waals surface area contributed by atoms with Crippen molar-refractivity contribution in [2.45, 2.75) is 0 Å². The molecule has 0 atom stereocenters. The number of nitrogens with one attached hydrogen (secondary N) is 1. The van der Waals surface area contributed by atoms with Crippen LogP contribution in [-0.4, -0.2) is 19.9 Å². The van der Waals surface area contributed by atoms with E-state index in [-0.39, 0.29) is 0 Å². The SMILES string of the molecule is Fc1ccc(Nc2nc(-c3cccnc3)nc3ccc(-c4cccnc4)cc23)cc1F. The van der Waals surface area contributed by atoms with Crippen molar-refractivity contribution in [3.05, 3.63) is 97.1 Å². The average Bonchev–Trinajstić information content (AvgIpc) is 2.82. The molecule has 0 radical (unpaired) electrons. The Labute approximate surface area is 176 Å². The van der Waals surface area contributed by atoms with Crippen molar-refractivity contribution in [2.24, 2.45) is 0 Å². The first-order valence-electron chi connectivity index (χ1n) is 9.52. The van der Waals surface area contributed by atoms with Crippen molar-refractivity contribution in [1.82, 2.24) is 19.9 Å². The standard InChI is InChI=1S/C24H15F2N5/c25-20-7-6-18(12-21(20)26)29-24-19-11-15(16-3-1-9-27-13-16)5-8-22(19)30-23(31-24)17-4-2-10-28-14-17/h1-14H,(H,29,30,31). The van der Waals surface area contributed by atoms with Crippen LogP contribution in [-0.2, 0) is 0 Å². The monoisotopic (exact) mass is 411 g/mol. The quantitative estimate of drug-likeness (QED) is 0.406. The second-order valence-electron chi connectivity index (χ2n) is 6.87. The summed E-state index contributed by atoms with van der Waals surface area (Å²) in [6.45, 7) is 0. The second kappa shape index (κ2) is 7.87. The van der Waals surface area contributed by atoms with Gasteiger partial charge in [-0.1, -0.05) is 12.1 Å². The van der Waals surface area contributed by atoms with Crippen LogP contribution in [0.2, 0.25) is 0 Å². The van der Waals surface area contributed by atoms with Crippen LogP contribution in [0.1, 0.15) is 0 Å². The van der Waals surface area contributed by atoms with Crippen LogP contribution in [0.3, 0.4) is 0 Å². The molecule has 0 fully saturated rings. The van der Waals surface area contributed by atoms with Gasteiger partial charge in [-0.2, -0.15) is 0 Å². The molecule has 150 valence electrons. The minimum atomic E-state index is -0.938. The Morgan fingerprint density at radius 2 is 1.45 bits per heavy atom. The zero-order valence-electron chi connectivity index (χ0n) is 16.1. The van der Waals surface area contributed by atoms with Crippen LogP contribution in [0.5, 0.6) is 0 Å². The summed E-state index contributed by atoms with van der Waals surface area (Å²) in [6, 6.07) is 16.9. The normalized spacial score (nSPS) is 10.9. The van der Waals surface area contributed by atoms with Crippen molar-refractivity contribution >= 4 is 22.4 Å². The highest BCUT2D eigenvalue weighted by Gasteiger charge is 2.13. The second-order valence-corrected chi connectivity index (χ2v) is 6.87. The van der Waals surface area contributed by atoms with Gasteiger partial charge in [0.05, 0.1) is 5.52 Å². The highest BCUT2D eigenvalue weighted by molar-refractivity contribution is 5.95. The Morgan fingerprint density at radius 1 is 0.677 bits per heavy atom. The Hall–Kier alpha value is -4.26. The predicted molar refractivity (Wildman–Crippen MR) is 116 cm³/mol. The lowest BCUT2D eigenvalue weighted by molar-refractivity contribution is 0.509. The van der Waals surface area contributed by atoms with Gasteiger partial charge in [-0.05, 0) is 48.0 Å². The molecule has 0 amide bonds. The van der Waals surface area contributed by atoms with E-state index in [1.165, 1.54) is 6.07 Å². The zero-order valence-corrected chi connectivity index (χ0v) is 16.1. The van der Waals surface area contributed by atoms with E-state index in [2.05, 4.69) is 25.3 Å².